The average Bonchev–Trinajstić information content (AvgIpc) is 3.08. The van der Waals surface area contributed by atoms with Gasteiger partial charge in [-0.15, -0.1) is 0 Å². The van der Waals surface area contributed by atoms with Gasteiger partial charge in [0.2, 0.25) is 5.91 Å². The second-order valence-electron chi connectivity index (χ2n) is 6.99. The van der Waals surface area contributed by atoms with Crippen LogP contribution >= 0.6 is 0 Å². The average molecular weight is 363 g/mol. The number of carbonyl (C=O) groups excluding carboxylic acids is 1. The van der Waals surface area contributed by atoms with Crippen LogP contribution in [0, 0.1) is 0 Å². The number of aliphatic carboxylic acids is 1. The van der Waals surface area contributed by atoms with Crippen LogP contribution < -0.4 is 5.73 Å². The van der Waals surface area contributed by atoms with Crippen molar-refractivity contribution in [2.75, 3.05) is 0 Å². The predicted octanol–water partition coefficient (Wildman–Crippen LogP) is 2.08. The van der Waals surface area contributed by atoms with Gasteiger partial charge in [0.05, 0.1) is 6.04 Å². The molecule has 0 spiro atoms. The van der Waals surface area contributed by atoms with Gasteiger partial charge in [0.25, 0.3) is 0 Å². The largest absolute Gasteiger partial charge is 0.480 e. The van der Waals surface area contributed by atoms with Gasteiger partial charge in [-0.2, -0.15) is 0 Å². The number of hydrogen-bond acceptors (Lipinski definition) is 3. The molecule has 0 unspecified atom stereocenters. The standard InChI is InChI=1S/C21H21N3O3/c22-17(11-16-9-14-6-3-4-8-18(14)23-16)20(25)24-12-15-7-2-1-5-13(15)10-19(24)21(26)27/h1-9,17,19,23H,10-12,22H2,(H,26,27)/t17-,19-/m0/s1. The lowest BCUT2D eigenvalue weighted by atomic mass is 9.93. The molecule has 2 aromatic carbocycles. The molecule has 6 nitrogen and oxygen atoms in total. The highest BCUT2D eigenvalue weighted by atomic mass is 16.4. The van der Waals surface area contributed by atoms with E-state index in [1.54, 1.807) is 0 Å². The second-order valence-corrected chi connectivity index (χ2v) is 6.99. The van der Waals surface area contributed by atoms with Crippen LogP contribution in [0.5, 0.6) is 0 Å². The van der Waals surface area contributed by atoms with E-state index in [1.165, 1.54) is 4.90 Å². The number of aromatic nitrogens is 1. The van der Waals surface area contributed by atoms with Crippen molar-refractivity contribution in [3.63, 3.8) is 0 Å². The lowest BCUT2D eigenvalue weighted by Gasteiger charge is -2.35. The van der Waals surface area contributed by atoms with Gasteiger partial charge >= 0.3 is 5.97 Å². The number of carboxylic acid groups (broad SMARTS) is 1. The lowest BCUT2D eigenvalue weighted by Crippen LogP contribution is -2.54. The minimum atomic E-state index is -1.00. The van der Waals surface area contributed by atoms with Crippen LogP contribution in [0.15, 0.2) is 54.6 Å². The van der Waals surface area contributed by atoms with E-state index in [4.69, 9.17) is 5.73 Å². The van der Waals surface area contributed by atoms with Crippen molar-refractivity contribution in [3.8, 4) is 0 Å². The molecule has 3 aromatic rings. The van der Waals surface area contributed by atoms with E-state index in [0.29, 0.717) is 12.8 Å². The molecule has 1 amide bonds. The van der Waals surface area contributed by atoms with Crippen molar-refractivity contribution in [1.29, 1.82) is 0 Å². The molecule has 4 N–H and O–H groups in total. The molecule has 0 aliphatic carbocycles. The number of nitrogens with one attached hydrogen (secondary N) is 1. The first kappa shape index (κ1) is 17.3. The monoisotopic (exact) mass is 363 g/mol. The van der Waals surface area contributed by atoms with Crippen LogP contribution in [0.1, 0.15) is 16.8 Å². The van der Waals surface area contributed by atoms with Gasteiger partial charge in [-0.25, -0.2) is 4.79 Å². The Morgan fingerprint density at radius 1 is 1.15 bits per heavy atom. The van der Waals surface area contributed by atoms with Gasteiger partial charge in [0.15, 0.2) is 0 Å². The molecule has 1 aromatic heterocycles. The Morgan fingerprint density at radius 2 is 1.85 bits per heavy atom. The number of nitrogens with two attached hydrogens (primary N) is 1. The van der Waals surface area contributed by atoms with Crippen molar-refractivity contribution < 1.29 is 14.7 Å². The van der Waals surface area contributed by atoms with Crippen LogP contribution in [0.3, 0.4) is 0 Å². The topological polar surface area (TPSA) is 99.4 Å². The molecule has 0 saturated carbocycles. The summed E-state index contributed by atoms with van der Waals surface area (Å²) in [5.41, 5.74) is 9.97. The molecule has 138 valence electrons. The Balaban J connectivity index is 1.55. The van der Waals surface area contributed by atoms with Gasteiger partial charge in [-0.3, -0.25) is 4.79 Å². The summed E-state index contributed by atoms with van der Waals surface area (Å²) in [5.74, 6) is -1.34. The Labute approximate surface area is 156 Å². The smallest absolute Gasteiger partial charge is 0.326 e. The molecule has 4 rings (SSSR count). The van der Waals surface area contributed by atoms with Crippen LogP contribution in [0.25, 0.3) is 10.9 Å². The predicted molar refractivity (Wildman–Crippen MR) is 102 cm³/mol. The molecule has 0 fully saturated rings. The molecule has 6 heteroatoms. The number of para-hydroxylation sites is 1. The van der Waals surface area contributed by atoms with E-state index in [9.17, 15) is 14.7 Å². The fraction of sp³-hybridized carbons (Fsp3) is 0.238. The SMILES string of the molecule is N[C@@H](Cc1cc2ccccc2[nH]1)C(=O)N1Cc2ccccc2C[C@H]1C(=O)O. The summed E-state index contributed by atoms with van der Waals surface area (Å²) in [6.45, 7) is 0.270. The molecule has 0 radical (unpaired) electrons. The Kier molecular flexibility index (Phi) is 4.41. The zero-order valence-corrected chi connectivity index (χ0v) is 14.8. The highest BCUT2D eigenvalue weighted by Crippen LogP contribution is 2.24. The summed E-state index contributed by atoms with van der Waals surface area (Å²) in [5, 5.41) is 10.7. The molecular formula is C21H21N3O3. The van der Waals surface area contributed by atoms with E-state index < -0.39 is 18.1 Å². The maximum atomic E-state index is 13.0. The van der Waals surface area contributed by atoms with Crippen LogP contribution in [0.2, 0.25) is 0 Å². The highest BCUT2D eigenvalue weighted by molar-refractivity contribution is 5.88. The van der Waals surface area contributed by atoms with E-state index in [1.807, 2.05) is 54.6 Å². The number of aromatic amines is 1. The van der Waals surface area contributed by atoms with Crippen molar-refractivity contribution in [2.24, 2.45) is 5.73 Å². The molecular weight excluding hydrogens is 342 g/mol. The van der Waals surface area contributed by atoms with Gasteiger partial charge in [-0.05, 0) is 28.6 Å². The van der Waals surface area contributed by atoms with Crippen LogP contribution in [-0.2, 0) is 29.0 Å². The molecule has 0 bridgehead atoms. The number of hydrogen-bond donors (Lipinski definition) is 3. The summed E-state index contributed by atoms with van der Waals surface area (Å²) >= 11 is 0. The normalized spacial score (nSPS) is 17.5. The number of H-pyrrole nitrogens is 1. The Hall–Kier alpha value is -3.12. The molecule has 1 aliphatic heterocycles. The summed E-state index contributed by atoms with van der Waals surface area (Å²) < 4.78 is 0. The lowest BCUT2D eigenvalue weighted by molar-refractivity contribution is -0.152. The van der Waals surface area contributed by atoms with Crippen molar-refractivity contribution in [2.45, 2.75) is 31.5 Å². The first-order chi connectivity index (χ1) is 13.0. The zero-order chi connectivity index (χ0) is 19.0. The molecule has 2 atom stereocenters. The number of amides is 1. The van der Waals surface area contributed by atoms with Gasteiger partial charge in [-0.1, -0.05) is 42.5 Å². The van der Waals surface area contributed by atoms with E-state index in [0.717, 1.165) is 27.7 Å². The van der Waals surface area contributed by atoms with Crippen molar-refractivity contribution >= 4 is 22.8 Å². The Morgan fingerprint density at radius 3 is 2.59 bits per heavy atom. The van der Waals surface area contributed by atoms with E-state index >= 15 is 0 Å². The first-order valence-electron chi connectivity index (χ1n) is 8.95. The first-order valence-corrected chi connectivity index (χ1v) is 8.95. The van der Waals surface area contributed by atoms with Gasteiger partial charge in [0.1, 0.15) is 6.04 Å². The van der Waals surface area contributed by atoms with Crippen molar-refractivity contribution in [3.05, 3.63) is 71.4 Å². The highest BCUT2D eigenvalue weighted by Gasteiger charge is 2.36. The molecule has 2 heterocycles. The third-order valence-corrected chi connectivity index (χ3v) is 5.16. The maximum Gasteiger partial charge on any atom is 0.326 e. The minimum absolute atomic E-state index is 0.270. The molecule has 0 saturated heterocycles. The third kappa shape index (κ3) is 3.31. The Bertz CT molecular complexity index is 978. The number of carbonyl (C=O) groups is 2. The number of rotatable bonds is 4. The summed E-state index contributed by atoms with van der Waals surface area (Å²) in [4.78, 5) is 29.4. The summed E-state index contributed by atoms with van der Waals surface area (Å²) in [6.07, 6.45) is 0.633. The fourth-order valence-electron chi connectivity index (χ4n) is 3.76. The van der Waals surface area contributed by atoms with Gasteiger partial charge in [0, 0.05) is 30.6 Å². The van der Waals surface area contributed by atoms with Gasteiger partial charge < -0.3 is 20.7 Å². The number of fused-ring (bicyclic) bond motifs is 2. The summed E-state index contributed by atoms with van der Waals surface area (Å²) in [6, 6.07) is 15.8. The van der Waals surface area contributed by atoms with E-state index in [2.05, 4.69) is 4.98 Å². The third-order valence-electron chi connectivity index (χ3n) is 5.16. The fourth-order valence-corrected chi connectivity index (χ4v) is 3.76. The molecule has 1 aliphatic rings. The number of carboxylic acids is 1. The van der Waals surface area contributed by atoms with Crippen LogP contribution in [-0.4, -0.2) is 39.0 Å². The van der Waals surface area contributed by atoms with Crippen LogP contribution in [0.4, 0.5) is 0 Å². The number of nitrogens with zero attached hydrogens (tertiary/aromatic N) is 1. The van der Waals surface area contributed by atoms with E-state index in [-0.39, 0.29) is 12.5 Å². The minimum Gasteiger partial charge on any atom is -0.480 e. The quantitative estimate of drug-likeness (QED) is 0.661. The maximum absolute atomic E-state index is 13.0. The summed E-state index contributed by atoms with van der Waals surface area (Å²) in [7, 11) is 0. The zero-order valence-electron chi connectivity index (χ0n) is 14.8. The second kappa shape index (κ2) is 6.89. The van der Waals surface area contributed by atoms with Crippen molar-refractivity contribution in [1.82, 2.24) is 9.88 Å². The number of benzene rings is 2. The molecule has 27 heavy (non-hydrogen) atoms.